The fourth-order valence-corrected chi connectivity index (χ4v) is 2.94. The van der Waals surface area contributed by atoms with Crippen molar-refractivity contribution >= 4 is 5.91 Å². The summed E-state index contributed by atoms with van der Waals surface area (Å²) in [7, 11) is 0. The fraction of sp³-hybridized carbons (Fsp3) is 0.316. The Kier molecular flexibility index (Phi) is 5.44. The molecule has 27 heavy (non-hydrogen) atoms. The van der Waals surface area contributed by atoms with E-state index in [1.54, 1.807) is 24.9 Å². The Bertz CT molecular complexity index is 976. The zero-order chi connectivity index (χ0) is 19.4. The van der Waals surface area contributed by atoms with Gasteiger partial charge in [0.15, 0.2) is 0 Å². The van der Waals surface area contributed by atoms with E-state index < -0.39 is 0 Å². The van der Waals surface area contributed by atoms with Crippen LogP contribution in [0.25, 0.3) is 5.69 Å². The number of nitrogens with one attached hydrogen (secondary N) is 2. The number of aryl methyl sites for hydroxylation is 2. The second kappa shape index (κ2) is 7.94. The summed E-state index contributed by atoms with van der Waals surface area (Å²) in [5.74, 6) is 0.468. The van der Waals surface area contributed by atoms with Crippen molar-refractivity contribution in [3.05, 3.63) is 69.9 Å². The Labute approximate surface area is 156 Å². The first-order valence-corrected chi connectivity index (χ1v) is 8.75. The molecule has 2 heterocycles. The SMILES string of the molecule is Cc1nc(C)c(CCC(=O)NC(C)c2ccc(-n3cncn3)cc2)c(=O)[nH]1. The molecule has 1 amide bonds. The molecular weight excluding hydrogens is 344 g/mol. The van der Waals surface area contributed by atoms with Gasteiger partial charge in [-0.25, -0.2) is 14.6 Å². The molecule has 1 aromatic carbocycles. The Balaban J connectivity index is 1.58. The van der Waals surface area contributed by atoms with E-state index in [-0.39, 0.29) is 23.9 Å². The summed E-state index contributed by atoms with van der Waals surface area (Å²) in [5.41, 5.74) is 2.93. The van der Waals surface area contributed by atoms with Crippen molar-refractivity contribution in [1.82, 2.24) is 30.0 Å². The van der Waals surface area contributed by atoms with Gasteiger partial charge in [-0.2, -0.15) is 5.10 Å². The topological polar surface area (TPSA) is 106 Å². The molecule has 1 unspecified atom stereocenters. The van der Waals surface area contributed by atoms with Gasteiger partial charge < -0.3 is 10.3 Å². The summed E-state index contributed by atoms with van der Waals surface area (Å²) in [5, 5.41) is 7.05. The number of benzene rings is 1. The van der Waals surface area contributed by atoms with Gasteiger partial charge in [0.25, 0.3) is 5.56 Å². The summed E-state index contributed by atoms with van der Waals surface area (Å²) >= 11 is 0. The minimum Gasteiger partial charge on any atom is -0.350 e. The minimum absolute atomic E-state index is 0.109. The molecule has 3 rings (SSSR count). The van der Waals surface area contributed by atoms with E-state index in [9.17, 15) is 9.59 Å². The molecule has 0 spiro atoms. The van der Waals surface area contributed by atoms with Gasteiger partial charge in [0.05, 0.1) is 11.7 Å². The molecule has 2 N–H and O–H groups in total. The first-order chi connectivity index (χ1) is 12.9. The summed E-state index contributed by atoms with van der Waals surface area (Å²) in [6.07, 6.45) is 3.70. The van der Waals surface area contributed by atoms with Gasteiger partial charge in [0.1, 0.15) is 18.5 Å². The fourth-order valence-electron chi connectivity index (χ4n) is 2.94. The van der Waals surface area contributed by atoms with E-state index in [4.69, 9.17) is 0 Å². The first-order valence-electron chi connectivity index (χ1n) is 8.75. The Morgan fingerprint density at radius 2 is 2.00 bits per heavy atom. The lowest BCUT2D eigenvalue weighted by molar-refractivity contribution is -0.121. The summed E-state index contributed by atoms with van der Waals surface area (Å²) < 4.78 is 1.67. The van der Waals surface area contributed by atoms with Gasteiger partial charge in [-0.3, -0.25) is 9.59 Å². The van der Waals surface area contributed by atoms with Crippen LogP contribution in [0.1, 0.15) is 42.0 Å². The van der Waals surface area contributed by atoms with E-state index >= 15 is 0 Å². The highest BCUT2D eigenvalue weighted by atomic mass is 16.1. The predicted molar refractivity (Wildman–Crippen MR) is 101 cm³/mol. The normalized spacial score (nSPS) is 12.0. The third-order valence-electron chi connectivity index (χ3n) is 4.40. The molecule has 0 bridgehead atoms. The zero-order valence-electron chi connectivity index (χ0n) is 15.6. The highest BCUT2D eigenvalue weighted by molar-refractivity contribution is 5.76. The Hall–Kier alpha value is -3.29. The average Bonchev–Trinajstić information content (AvgIpc) is 3.15. The van der Waals surface area contributed by atoms with Gasteiger partial charge in [0, 0.05) is 17.7 Å². The highest BCUT2D eigenvalue weighted by Crippen LogP contribution is 2.15. The van der Waals surface area contributed by atoms with Crippen LogP contribution in [-0.2, 0) is 11.2 Å². The van der Waals surface area contributed by atoms with Crippen LogP contribution in [0.15, 0.2) is 41.7 Å². The minimum atomic E-state index is -0.176. The van der Waals surface area contributed by atoms with Crippen LogP contribution in [0.5, 0.6) is 0 Å². The molecule has 0 aliphatic carbocycles. The zero-order valence-corrected chi connectivity index (χ0v) is 15.6. The second-order valence-corrected chi connectivity index (χ2v) is 6.44. The van der Waals surface area contributed by atoms with Crippen molar-refractivity contribution in [2.24, 2.45) is 0 Å². The van der Waals surface area contributed by atoms with Gasteiger partial charge in [-0.05, 0) is 44.9 Å². The number of hydrogen-bond donors (Lipinski definition) is 2. The first kappa shape index (κ1) is 18.5. The van der Waals surface area contributed by atoms with Gasteiger partial charge in [-0.1, -0.05) is 12.1 Å². The average molecular weight is 366 g/mol. The number of aromatic amines is 1. The predicted octanol–water partition coefficient (Wildman–Crippen LogP) is 1.78. The standard InChI is InChI=1S/C19H22N6O2/c1-12(15-4-6-16(7-5-15)25-11-20-10-21-25)23-18(26)9-8-17-13(2)22-14(3)24-19(17)27/h4-7,10-12H,8-9H2,1-3H3,(H,23,26)(H,22,24,27). The summed E-state index contributed by atoms with van der Waals surface area (Å²) in [6.45, 7) is 5.45. The Morgan fingerprint density at radius 1 is 1.26 bits per heavy atom. The van der Waals surface area contributed by atoms with E-state index in [1.165, 1.54) is 6.33 Å². The van der Waals surface area contributed by atoms with Crippen molar-refractivity contribution < 1.29 is 4.79 Å². The van der Waals surface area contributed by atoms with E-state index in [0.717, 1.165) is 11.3 Å². The van der Waals surface area contributed by atoms with Crippen molar-refractivity contribution in [3.63, 3.8) is 0 Å². The number of rotatable bonds is 6. The van der Waals surface area contributed by atoms with Crippen molar-refractivity contribution in [2.75, 3.05) is 0 Å². The van der Waals surface area contributed by atoms with Gasteiger partial charge in [-0.15, -0.1) is 0 Å². The van der Waals surface area contributed by atoms with Gasteiger partial charge in [0.2, 0.25) is 5.91 Å². The number of carbonyl (C=O) groups excluding carboxylic acids is 1. The molecular formula is C19H22N6O2. The molecule has 1 atom stereocenters. The number of carbonyl (C=O) groups is 1. The number of aromatic nitrogens is 5. The smallest absolute Gasteiger partial charge is 0.254 e. The molecule has 3 aromatic rings. The molecule has 0 aliphatic rings. The van der Waals surface area contributed by atoms with Crippen LogP contribution in [-0.4, -0.2) is 30.6 Å². The lowest BCUT2D eigenvalue weighted by Crippen LogP contribution is -2.28. The largest absolute Gasteiger partial charge is 0.350 e. The quantitative estimate of drug-likeness (QED) is 0.692. The van der Waals surface area contributed by atoms with E-state index in [2.05, 4.69) is 25.4 Å². The second-order valence-electron chi connectivity index (χ2n) is 6.44. The van der Waals surface area contributed by atoms with E-state index in [1.807, 2.05) is 31.2 Å². The third-order valence-corrected chi connectivity index (χ3v) is 4.40. The van der Waals surface area contributed by atoms with Gasteiger partial charge >= 0.3 is 0 Å². The molecule has 0 aliphatic heterocycles. The number of hydrogen-bond acceptors (Lipinski definition) is 5. The van der Waals surface area contributed by atoms with Crippen molar-refractivity contribution in [3.8, 4) is 5.69 Å². The number of H-pyrrole nitrogens is 1. The van der Waals surface area contributed by atoms with Crippen molar-refractivity contribution in [1.29, 1.82) is 0 Å². The molecule has 0 radical (unpaired) electrons. The maximum absolute atomic E-state index is 12.3. The number of nitrogens with zero attached hydrogens (tertiary/aromatic N) is 4. The van der Waals surface area contributed by atoms with Crippen LogP contribution in [0.3, 0.4) is 0 Å². The third kappa shape index (κ3) is 4.46. The van der Waals surface area contributed by atoms with Crippen LogP contribution in [0, 0.1) is 13.8 Å². The lowest BCUT2D eigenvalue weighted by atomic mass is 10.1. The number of amides is 1. The summed E-state index contributed by atoms with van der Waals surface area (Å²) in [6, 6.07) is 7.60. The maximum Gasteiger partial charge on any atom is 0.254 e. The monoisotopic (exact) mass is 366 g/mol. The lowest BCUT2D eigenvalue weighted by Gasteiger charge is -2.15. The molecule has 140 valence electrons. The van der Waals surface area contributed by atoms with Crippen molar-refractivity contribution in [2.45, 2.75) is 39.7 Å². The summed E-state index contributed by atoms with van der Waals surface area (Å²) in [4.78, 5) is 35.1. The molecule has 0 saturated carbocycles. The van der Waals surface area contributed by atoms with Crippen LogP contribution < -0.4 is 10.9 Å². The molecule has 2 aromatic heterocycles. The molecule has 0 fully saturated rings. The molecule has 0 saturated heterocycles. The highest BCUT2D eigenvalue weighted by Gasteiger charge is 2.13. The molecule has 8 heteroatoms. The van der Waals surface area contributed by atoms with Crippen LogP contribution >= 0.6 is 0 Å². The van der Waals surface area contributed by atoms with E-state index in [0.29, 0.717) is 23.5 Å². The molecule has 8 nitrogen and oxygen atoms in total. The van der Waals surface area contributed by atoms with Crippen LogP contribution in [0.4, 0.5) is 0 Å². The Morgan fingerprint density at radius 3 is 2.63 bits per heavy atom. The van der Waals surface area contributed by atoms with Crippen LogP contribution in [0.2, 0.25) is 0 Å². The maximum atomic E-state index is 12.3.